The summed E-state index contributed by atoms with van der Waals surface area (Å²) in [4.78, 5) is 30.4. The van der Waals surface area contributed by atoms with E-state index in [1.165, 1.54) is 5.01 Å². The third kappa shape index (κ3) is 2.69. The Hall–Kier alpha value is -3.13. The smallest absolute Gasteiger partial charge is 0.279 e. The van der Waals surface area contributed by atoms with E-state index in [2.05, 4.69) is 15.4 Å². The number of ether oxygens (including phenoxy) is 1. The fourth-order valence-electron chi connectivity index (χ4n) is 2.98. The Bertz CT molecular complexity index is 989. The summed E-state index contributed by atoms with van der Waals surface area (Å²) in [6.45, 7) is 1.68. The molecule has 136 valence electrons. The van der Waals surface area contributed by atoms with Gasteiger partial charge in [0.1, 0.15) is 11.4 Å². The van der Waals surface area contributed by atoms with E-state index >= 15 is 0 Å². The fourth-order valence-corrected chi connectivity index (χ4v) is 4.06. The summed E-state index contributed by atoms with van der Waals surface area (Å²) >= 11 is 1.07. The molecular weight excluding hydrogens is 364 g/mol. The molecule has 7 nitrogen and oxygen atoms in total. The first kappa shape index (κ1) is 17.3. The molecule has 0 radical (unpaired) electrons. The standard InChI is InChI=1S/C19H16N4O3S/c1-12-19(17(25)23(22-12)13-8-4-3-5-9-13)16(24)21-18(27-19)20-14-10-6-7-11-15(14)26-2/h3-11H,1-2H3,(H,20,21,24). The number of para-hydroxylation sites is 3. The largest absolute Gasteiger partial charge is 0.494 e. The molecule has 2 aromatic rings. The molecule has 1 fully saturated rings. The summed E-state index contributed by atoms with van der Waals surface area (Å²) < 4.78 is 3.85. The second-order valence-corrected chi connectivity index (χ2v) is 7.17. The molecule has 1 saturated heterocycles. The van der Waals surface area contributed by atoms with Crippen LogP contribution in [-0.2, 0) is 9.59 Å². The summed E-state index contributed by atoms with van der Waals surface area (Å²) in [5, 5.41) is 8.66. The number of anilines is 1. The van der Waals surface area contributed by atoms with Gasteiger partial charge in [-0.1, -0.05) is 42.1 Å². The van der Waals surface area contributed by atoms with E-state index in [0.29, 0.717) is 28.0 Å². The maximum Gasteiger partial charge on any atom is 0.279 e. The van der Waals surface area contributed by atoms with Crippen LogP contribution in [0.25, 0.3) is 0 Å². The molecule has 2 aromatic carbocycles. The van der Waals surface area contributed by atoms with Crippen LogP contribution < -0.4 is 15.1 Å². The minimum Gasteiger partial charge on any atom is -0.494 e. The minimum absolute atomic E-state index is 0.335. The van der Waals surface area contributed by atoms with Gasteiger partial charge >= 0.3 is 0 Å². The Morgan fingerprint density at radius 2 is 1.81 bits per heavy atom. The maximum absolute atomic E-state index is 13.1. The van der Waals surface area contributed by atoms with Crippen LogP contribution in [0.2, 0.25) is 0 Å². The van der Waals surface area contributed by atoms with Gasteiger partial charge in [0.25, 0.3) is 11.8 Å². The highest BCUT2D eigenvalue weighted by molar-refractivity contribution is 8.17. The highest BCUT2D eigenvalue weighted by Gasteiger charge is 2.61. The van der Waals surface area contributed by atoms with Crippen LogP contribution in [0.15, 0.2) is 64.7 Å². The molecule has 0 aromatic heterocycles. The molecule has 2 aliphatic heterocycles. The number of hydrogen-bond acceptors (Lipinski definition) is 6. The predicted octanol–water partition coefficient (Wildman–Crippen LogP) is 2.71. The number of rotatable bonds is 3. The number of aliphatic imine (C=N–C) groups is 1. The average molecular weight is 380 g/mol. The van der Waals surface area contributed by atoms with Gasteiger partial charge < -0.3 is 10.1 Å². The third-order valence-electron chi connectivity index (χ3n) is 4.35. The molecular formula is C19H16N4O3S. The van der Waals surface area contributed by atoms with E-state index in [1.807, 2.05) is 30.3 Å². The molecule has 0 bridgehead atoms. The van der Waals surface area contributed by atoms with Gasteiger partial charge in [-0.15, -0.1) is 0 Å². The highest BCUT2D eigenvalue weighted by atomic mass is 32.2. The van der Waals surface area contributed by atoms with Gasteiger partial charge in [0.15, 0.2) is 5.17 Å². The maximum atomic E-state index is 13.1. The second-order valence-electron chi connectivity index (χ2n) is 5.96. The van der Waals surface area contributed by atoms with E-state index in [4.69, 9.17) is 4.74 Å². The number of amidine groups is 1. The quantitative estimate of drug-likeness (QED) is 0.830. The molecule has 1 N–H and O–H groups in total. The van der Waals surface area contributed by atoms with Crippen LogP contribution in [0.1, 0.15) is 6.92 Å². The van der Waals surface area contributed by atoms with Gasteiger partial charge in [-0.25, -0.2) is 4.99 Å². The van der Waals surface area contributed by atoms with Crippen molar-refractivity contribution in [3.05, 3.63) is 54.6 Å². The van der Waals surface area contributed by atoms with Gasteiger partial charge in [-0.3, -0.25) is 9.59 Å². The molecule has 4 rings (SSSR count). The van der Waals surface area contributed by atoms with Crippen molar-refractivity contribution >= 4 is 45.8 Å². The average Bonchev–Trinajstić information content (AvgIpc) is 3.15. The zero-order valence-electron chi connectivity index (χ0n) is 14.7. The molecule has 2 aliphatic rings. The number of hydrazone groups is 1. The third-order valence-corrected chi connectivity index (χ3v) is 5.70. The van der Waals surface area contributed by atoms with E-state index < -0.39 is 16.6 Å². The van der Waals surface area contributed by atoms with Crippen molar-refractivity contribution in [2.75, 3.05) is 12.1 Å². The first-order valence-electron chi connectivity index (χ1n) is 8.23. The van der Waals surface area contributed by atoms with Crippen LogP contribution >= 0.6 is 11.8 Å². The number of benzene rings is 2. The Kier molecular flexibility index (Phi) is 4.19. The summed E-state index contributed by atoms with van der Waals surface area (Å²) in [6, 6.07) is 16.2. The molecule has 27 heavy (non-hydrogen) atoms. The van der Waals surface area contributed by atoms with Crippen molar-refractivity contribution in [1.29, 1.82) is 0 Å². The molecule has 1 spiro atoms. The van der Waals surface area contributed by atoms with Gasteiger partial charge in [0.05, 0.1) is 18.5 Å². The van der Waals surface area contributed by atoms with Crippen molar-refractivity contribution in [3.8, 4) is 5.75 Å². The van der Waals surface area contributed by atoms with E-state index in [9.17, 15) is 9.59 Å². The Morgan fingerprint density at radius 3 is 2.56 bits per heavy atom. The topological polar surface area (TPSA) is 83.4 Å². The lowest BCUT2D eigenvalue weighted by atomic mass is 10.0. The number of carbonyl (C=O) groups is 2. The molecule has 0 saturated carbocycles. The van der Waals surface area contributed by atoms with Gasteiger partial charge in [0.2, 0.25) is 4.75 Å². The number of nitrogens with zero attached hydrogens (tertiary/aromatic N) is 3. The second kappa shape index (κ2) is 6.55. The Morgan fingerprint density at radius 1 is 1.11 bits per heavy atom. The van der Waals surface area contributed by atoms with E-state index in [0.717, 1.165) is 11.8 Å². The summed E-state index contributed by atoms with van der Waals surface area (Å²) in [5.74, 6) is -0.264. The van der Waals surface area contributed by atoms with Crippen LogP contribution in [0.4, 0.5) is 11.4 Å². The zero-order chi connectivity index (χ0) is 19.0. The number of nitrogens with one attached hydrogen (secondary N) is 1. The van der Waals surface area contributed by atoms with Crippen molar-refractivity contribution in [2.45, 2.75) is 11.7 Å². The zero-order valence-corrected chi connectivity index (χ0v) is 15.5. The molecule has 2 heterocycles. The van der Waals surface area contributed by atoms with Gasteiger partial charge in [-0.2, -0.15) is 10.1 Å². The van der Waals surface area contributed by atoms with Crippen molar-refractivity contribution < 1.29 is 14.3 Å². The highest BCUT2D eigenvalue weighted by Crippen LogP contribution is 2.42. The number of methoxy groups -OCH3 is 1. The SMILES string of the molecule is COc1ccccc1N=C1NC(=O)C2(S1)C(=O)N(c1ccccc1)N=C2C. The summed E-state index contributed by atoms with van der Waals surface area (Å²) in [6.07, 6.45) is 0. The monoisotopic (exact) mass is 380 g/mol. The van der Waals surface area contributed by atoms with Crippen molar-refractivity contribution in [2.24, 2.45) is 10.1 Å². The first-order chi connectivity index (χ1) is 13.1. The van der Waals surface area contributed by atoms with Crippen LogP contribution in [-0.4, -0.2) is 34.6 Å². The molecule has 1 atom stereocenters. The Labute approximate surface area is 160 Å². The fraction of sp³-hybridized carbons (Fsp3) is 0.158. The van der Waals surface area contributed by atoms with Crippen LogP contribution in [0, 0.1) is 0 Å². The number of thioether (sulfide) groups is 1. The van der Waals surface area contributed by atoms with Crippen LogP contribution in [0.5, 0.6) is 5.75 Å². The van der Waals surface area contributed by atoms with E-state index in [1.54, 1.807) is 38.3 Å². The number of hydrogen-bond donors (Lipinski definition) is 1. The normalized spacial score (nSPS) is 23.1. The van der Waals surface area contributed by atoms with Crippen LogP contribution in [0.3, 0.4) is 0 Å². The minimum atomic E-state index is -1.43. The number of carbonyl (C=O) groups excluding carboxylic acids is 2. The predicted molar refractivity (Wildman–Crippen MR) is 106 cm³/mol. The lowest BCUT2D eigenvalue weighted by Crippen LogP contribution is -2.49. The molecule has 2 amide bonds. The van der Waals surface area contributed by atoms with Crippen molar-refractivity contribution in [1.82, 2.24) is 5.32 Å². The molecule has 1 unspecified atom stereocenters. The molecule has 8 heteroatoms. The lowest BCUT2D eigenvalue weighted by Gasteiger charge is -2.18. The van der Waals surface area contributed by atoms with Crippen molar-refractivity contribution in [3.63, 3.8) is 0 Å². The number of amides is 2. The lowest BCUT2D eigenvalue weighted by molar-refractivity contribution is -0.127. The summed E-state index contributed by atoms with van der Waals surface area (Å²) in [7, 11) is 1.55. The molecule has 0 aliphatic carbocycles. The first-order valence-corrected chi connectivity index (χ1v) is 9.05. The van der Waals surface area contributed by atoms with Gasteiger partial charge in [-0.05, 0) is 31.2 Å². The Balaban J connectivity index is 1.69. The van der Waals surface area contributed by atoms with Gasteiger partial charge in [0, 0.05) is 0 Å². The van der Waals surface area contributed by atoms with E-state index in [-0.39, 0.29) is 0 Å². The summed E-state index contributed by atoms with van der Waals surface area (Å²) in [5.41, 5.74) is 1.60.